The van der Waals surface area contributed by atoms with Gasteiger partial charge in [-0.05, 0) is 53.8 Å². The Balaban J connectivity index is 1.58. The van der Waals surface area contributed by atoms with Crippen molar-refractivity contribution in [3.05, 3.63) is 64.7 Å². The summed E-state index contributed by atoms with van der Waals surface area (Å²) in [5.74, 6) is -0.357. The third-order valence-electron chi connectivity index (χ3n) is 4.22. The third kappa shape index (κ3) is 4.17. The van der Waals surface area contributed by atoms with Gasteiger partial charge in [-0.1, -0.05) is 26.0 Å². The molecular formula is C21H21NO4. The van der Waals surface area contributed by atoms with Crippen molar-refractivity contribution in [3.8, 4) is 0 Å². The number of anilines is 1. The van der Waals surface area contributed by atoms with Crippen LogP contribution >= 0.6 is 0 Å². The van der Waals surface area contributed by atoms with Crippen LogP contribution in [-0.2, 0) is 22.4 Å². The Hall–Kier alpha value is -2.95. The fourth-order valence-corrected chi connectivity index (χ4v) is 2.95. The van der Waals surface area contributed by atoms with Crippen molar-refractivity contribution < 1.29 is 19.1 Å². The Morgan fingerprint density at radius 3 is 2.46 bits per heavy atom. The largest absolute Gasteiger partial charge is 0.454 e. The summed E-state index contributed by atoms with van der Waals surface area (Å²) in [6, 6.07) is 12.2. The number of esters is 1. The predicted octanol–water partition coefficient (Wildman–Crippen LogP) is 3.42. The van der Waals surface area contributed by atoms with E-state index >= 15 is 0 Å². The zero-order valence-electron chi connectivity index (χ0n) is 14.9. The molecular weight excluding hydrogens is 330 g/mol. The smallest absolute Gasteiger partial charge is 0.338 e. The summed E-state index contributed by atoms with van der Waals surface area (Å²) in [5.41, 5.74) is 3.53. The average Bonchev–Trinajstić information content (AvgIpc) is 2.98. The van der Waals surface area contributed by atoms with Gasteiger partial charge in [0.05, 0.1) is 12.0 Å². The number of Topliss-reactive ketones (excluding diaryl/α,β-unsaturated/α-hetero) is 1. The van der Waals surface area contributed by atoms with Crippen molar-refractivity contribution in [2.45, 2.75) is 26.7 Å². The molecule has 1 aliphatic heterocycles. The molecule has 0 atom stereocenters. The van der Waals surface area contributed by atoms with E-state index in [1.165, 1.54) is 0 Å². The zero-order valence-corrected chi connectivity index (χ0v) is 14.9. The molecule has 1 N–H and O–H groups in total. The highest BCUT2D eigenvalue weighted by molar-refractivity contribution is 6.03. The van der Waals surface area contributed by atoms with E-state index in [9.17, 15) is 14.4 Å². The lowest BCUT2D eigenvalue weighted by atomic mass is 10.0. The Kier molecular flexibility index (Phi) is 5.16. The minimum absolute atomic E-state index is 0.0862. The number of nitrogens with one attached hydrogen (secondary N) is 1. The Labute approximate surface area is 152 Å². The molecule has 0 unspecified atom stereocenters. The fraction of sp³-hybridized carbons (Fsp3) is 0.286. The van der Waals surface area contributed by atoms with Crippen LogP contribution in [0.1, 0.15) is 45.7 Å². The summed E-state index contributed by atoms with van der Waals surface area (Å²) in [4.78, 5) is 35.7. The van der Waals surface area contributed by atoms with Crippen LogP contribution in [0.15, 0.2) is 42.5 Å². The molecule has 1 aliphatic rings. The molecule has 0 saturated heterocycles. The molecule has 2 aromatic carbocycles. The number of rotatable bonds is 6. The standard InChI is InChI=1S/C21H21NO4/c1-13(2)9-14-3-5-15(6-4-14)21(25)26-12-19(23)16-7-8-18-17(10-16)11-20(24)22-18/h3-8,10,13H,9,11-12H2,1-2H3,(H,22,24). The Morgan fingerprint density at radius 1 is 1.08 bits per heavy atom. The van der Waals surface area contributed by atoms with Crippen LogP contribution in [0.25, 0.3) is 0 Å². The van der Waals surface area contributed by atoms with Crippen molar-refractivity contribution in [2.24, 2.45) is 5.92 Å². The van der Waals surface area contributed by atoms with Crippen LogP contribution in [0, 0.1) is 5.92 Å². The number of hydrogen-bond donors (Lipinski definition) is 1. The number of carbonyl (C=O) groups is 3. The molecule has 0 bridgehead atoms. The zero-order chi connectivity index (χ0) is 18.7. The van der Waals surface area contributed by atoms with Gasteiger partial charge < -0.3 is 10.1 Å². The lowest BCUT2D eigenvalue weighted by molar-refractivity contribution is -0.115. The van der Waals surface area contributed by atoms with Crippen LogP contribution in [0.3, 0.4) is 0 Å². The molecule has 3 rings (SSSR count). The van der Waals surface area contributed by atoms with Crippen LogP contribution in [0.5, 0.6) is 0 Å². The first-order valence-corrected chi connectivity index (χ1v) is 8.64. The molecule has 0 aliphatic carbocycles. The van der Waals surface area contributed by atoms with Gasteiger partial charge in [0.1, 0.15) is 0 Å². The van der Waals surface area contributed by atoms with Crippen molar-refractivity contribution in [1.82, 2.24) is 0 Å². The molecule has 5 heteroatoms. The summed E-state index contributed by atoms with van der Waals surface area (Å²) >= 11 is 0. The van der Waals surface area contributed by atoms with Gasteiger partial charge in [0, 0.05) is 11.3 Å². The summed E-state index contributed by atoms with van der Waals surface area (Å²) < 4.78 is 5.13. The van der Waals surface area contributed by atoms with Gasteiger partial charge in [-0.25, -0.2) is 4.79 Å². The second kappa shape index (κ2) is 7.52. The maximum absolute atomic E-state index is 12.3. The van der Waals surface area contributed by atoms with Gasteiger partial charge in [-0.15, -0.1) is 0 Å². The normalized spacial score (nSPS) is 12.7. The Morgan fingerprint density at radius 2 is 1.77 bits per heavy atom. The van der Waals surface area contributed by atoms with Crippen LogP contribution in [-0.4, -0.2) is 24.3 Å². The van der Waals surface area contributed by atoms with Crippen molar-refractivity contribution in [2.75, 3.05) is 11.9 Å². The molecule has 5 nitrogen and oxygen atoms in total. The topological polar surface area (TPSA) is 72.5 Å². The number of benzene rings is 2. The molecule has 0 spiro atoms. The second-order valence-corrected chi connectivity index (χ2v) is 6.89. The van der Waals surface area contributed by atoms with Crippen LogP contribution < -0.4 is 5.32 Å². The predicted molar refractivity (Wildman–Crippen MR) is 98.4 cm³/mol. The van der Waals surface area contributed by atoms with E-state index in [0.717, 1.165) is 23.2 Å². The maximum Gasteiger partial charge on any atom is 0.338 e. The Bertz CT molecular complexity index is 853. The number of hydrogen-bond acceptors (Lipinski definition) is 4. The molecule has 1 amide bonds. The molecule has 0 fully saturated rings. The lowest BCUT2D eigenvalue weighted by Crippen LogP contribution is -2.14. The lowest BCUT2D eigenvalue weighted by Gasteiger charge is -2.08. The molecule has 1 heterocycles. The number of fused-ring (bicyclic) bond motifs is 1. The van der Waals surface area contributed by atoms with Gasteiger partial charge in [0.2, 0.25) is 5.91 Å². The molecule has 0 saturated carbocycles. The van der Waals surface area contributed by atoms with Gasteiger partial charge in [-0.3, -0.25) is 9.59 Å². The van der Waals surface area contributed by atoms with E-state index < -0.39 is 5.97 Å². The first-order chi connectivity index (χ1) is 12.4. The van der Waals surface area contributed by atoms with Gasteiger partial charge in [0.15, 0.2) is 12.4 Å². The van der Waals surface area contributed by atoms with Gasteiger partial charge >= 0.3 is 5.97 Å². The van der Waals surface area contributed by atoms with Crippen molar-refractivity contribution >= 4 is 23.3 Å². The van der Waals surface area contributed by atoms with E-state index in [4.69, 9.17) is 4.74 Å². The highest BCUT2D eigenvalue weighted by Crippen LogP contribution is 2.24. The van der Waals surface area contributed by atoms with Gasteiger partial charge in [0.25, 0.3) is 0 Å². The van der Waals surface area contributed by atoms with E-state index in [2.05, 4.69) is 19.2 Å². The first-order valence-electron chi connectivity index (χ1n) is 8.64. The SMILES string of the molecule is CC(C)Cc1ccc(C(=O)OCC(=O)c2ccc3c(c2)CC(=O)N3)cc1. The van der Waals surface area contributed by atoms with Crippen LogP contribution in [0.4, 0.5) is 5.69 Å². The number of ketones is 1. The molecule has 0 aromatic heterocycles. The maximum atomic E-state index is 12.3. The third-order valence-corrected chi connectivity index (χ3v) is 4.22. The highest BCUT2D eigenvalue weighted by Gasteiger charge is 2.19. The summed E-state index contributed by atoms with van der Waals surface area (Å²) in [6.07, 6.45) is 1.21. The van der Waals surface area contributed by atoms with E-state index in [1.54, 1.807) is 30.3 Å². The summed E-state index contributed by atoms with van der Waals surface area (Å²) in [5, 5.41) is 2.72. The van der Waals surface area contributed by atoms with E-state index in [0.29, 0.717) is 17.0 Å². The van der Waals surface area contributed by atoms with Crippen LogP contribution in [0.2, 0.25) is 0 Å². The van der Waals surface area contributed by atoms with E-state index in [-0.39, 0.29) is 24.7 Å². The number of carbonyl (C=O) groups excluding carboxylic acids is 3. The van der Waals surface area contributed by atoms with Crippen molar-refractivity contribution in [3.63, 3.8) is 0 Å². The molecule has 2 aromatic rings. The quantitative estimate of drug-likeness (QED) is 0.639. The summed E-state index contributed by atoms with van der Waals surface area (Å²) in [7, 11) is 0. The minimum atomic E-state index is -0.521. The molecule has 134 valence electrons. The number of amides is 1. The number of ether oxygens (including phenoxy) is 1. The van der Waals surface area contributed by atoms with Gasteiger partial charge in [-0.2, -0.15) is 0 Å². The highest BCUT2D eigenvalue weighted by atomic mass is 16.5. The van der Waals surface area contributed by atoms with E-state index in [1.807, 2.05) is 12.1 Å². The molecule has 0 radical (unpaired) electrons. The fourth-order valence-electron chi connectivity index (χ4n) is 2.95. The average molecular weight is 351 g/mol. The van der Waals surface area contributed by atoms with Crippen molar-refractivity contribution in [1.29, 1.82) is 0 Å². The second-order valence-electron chi connectivity index (χ2n) is 6.89. The summed E-state index contributed by atoms with van der Waals surface area (Å²) in [6.45, 7) is 3.95. The monoisotopic (exact) mass is 351 g/mol. The minimum Gasteiger partial charge on any atom is -0.454 e. The molecule has 26 heavy (non-hydrogen) atoms. The first kappa shape index (κ1) is 17.9.